The summed E-state index contributed by atoms with van der Waals surface area (Å²) in [6.45, 7) is 6.98. The highest BCUT2D eigenvalue weighted by Crippen LogP contribution is 2.15. The van der Waals surface area contributed by atoms with Crippen LogP contribution in [0.15, 0.2) is 12.7 Å². The maximum Gasteiger partial charge on any atom is 0.321 e. The highest BCUT2D eigenvalue weighted by molar-refractivity contribution is 5.95. The molecular weight excluding hydrogens is 244 g/mol. The van der Waals surface area contributed by atoms with Crippen molar-refractivity contribution in [3.63, 3.8) is 0 Å². The quantitative estimate of drug-likeness (QED) is 0.590. The van der Waals surface area contributed by atoms with E-state index in [9.17, 15) is 9.59 Å². The van der Waals surface area contributed by atoms with Crippen LogP contribution in [0.1, 0.15) is 12.8 Å². The molecule has 0 atom stereocenters. The van der Waals surface area contributed by atoms with E-state index in [1.807, 2.05) is 7.05 Å². The van der Waals surface area contributed by atoms with Crippen LogP contribution in [0.4, 0.5) is 4.79 Å². The molecule has 1 fully saturated rings. The Kier molecular flexibility index (Phi) is 7.14. The van der Waals surface area contributed by atoms with Gasteiger partial charge in [0, 0.05) is 6.54 Å². The fourth-order valence-corrected chi connectivity index (χ4v) is 2.22. The van der Waals surface area contributed by atoms with Gasteiger partial charge in [-0.25, -0.2) is 4.79 Å². The summed E-state index contributed by atoms with van der Waals surface area (Å²) in [6, 6.07) is -0.463. The van der Waals surface area contributed by atoms with Crippen LogP contribution in [0.2, 0.25) is 0 Å². The van der Waals surface area contributed by atoms with Crippen LogP contribution in [0.25, 0.3) is 0 Å². The van der Waals surface area contributed by atoms with Crippen molar-refractivity contribution in [1.82, 2.24) is 20.9 Å². The first kappa shape index (κ1) is 15.7. The van der Waals surface area contributed by atoms with Crippen molar-refractivity contribution in [2.45, 2.75) is 12.8 Å². The average Bonchev–Trinajstić information content (AvgIpc) is 2.39. The first-order valence-corrected chi connectivity index (χ1v) is 6.71. The zero-order chi connectivity index (χ0) is 14.1. The number of piperidine rings is 1. The summed E-state index contributed by atoms with van der Waals surface area (Å²) in [5.41, 5.74) is 0. The second-order valence-electron chi connectivity index (χ2n) is 4.82. The maximum atomic E-state index is 11.6. The normalized spacial score (nSPS) is 16.9. The number of nitrogens with zero attached hydrogens (tertiary/aromatic N) is 1. The van der Waals surface area contributed by atoms with Gasteiger partial charge in [-0.3, -0.25) is 15.0 Å². The van der Waals surface area contributed by atoms with Crippen molar-refractivity contribution < 1.29 is 9.59 Å². The molecule has 1 aliphatic rings. The number of carbonyl (C=O) groups is 2. The summed E-state index contributed by atoms with van der Waals surface area (Å²) in [6.07, 6.45) is 3.75. The summed E-state index contributed by atoms with van der Waals surface area (Å²) in [5.74, 6) is 0.439. The summed E-state index contributed by atoms with van der Waals surface area (Å²) >= 11 is 0. The minimum Gasteiger partial charge on any atom is -0.334 e. The van der Waals surface area contributed by atoms with Crippen LogP contribution in [-0.4, -0.2) is 56.6 Å². The largest absolute Gasteiger partial charge is 0.334 e. The standard InChI is InChI=1S/C13H24N4O2/c1-3-6-15-13(19)16-12(18)10-17-7-4-11(5-8-17)9-14-2/h3,11,14H,1,4-10H2,2H3,(H2,15,16,18,19). The van der Waals surface area contributed by atoms with Gasteiger partial charge in [-0.15, -0.1) is 6.58 Å². The minimum atomic E-state index is -0.463. The Morgan fingerprint density at radius 2 is 2.05 bits per heavy atom. The zero-order valence-corrected chi connectivity index (χ0v) is 11.6. The summed E-state index contributed by atoms with van der Waals surface area (Å²) in [5, 5.41) is 8.00. The Morgan fingerprint density at radius 3 is 2.63 bits per heavy atom. The molecule has 0 bridgehead atoms. The van der Waals surface area contributed by atoms with Crippen molar-refractivity contribution >= 4 is 11.9 Å². The van der Waals surface area contributed by atoms with Crippen LogP contribution in [0, 0.1) is 5.92 Å². The Balaban J connectivity index is 2.19. The molecule has 0 unspecified atom stereocenters. The third kappa shape index (κ3) is 6.35. The molecule has 0 aromatic heterocycles. The van der Waals surface area contributed by atoms with Crippen molar-refractivity contribution in [2.75, 3.05) is 39.8 Å². The molecule has 0 spiro atoms. The first-order chi connectivity index (χ1) is 9.15. The van der Waals surface area contributed by atoms with E-state index >= 15 is 0 Å². The van der Waals surface area contributed by atoms with Crippen LogP contribution >= 0.6 is 0 Å². The fourth-order valence-electron chi connectivity index (χ4n) is 2.22. The van der Waals surface area contributed by atoms with Crippen molar-refractivity contribution in [3.8, 4) is 0 Å². The second kappa shape index (κ2) is 8.66. The van der Waals surface area contributed by atoms with E-state index in [1.165, 1.54) is 0 Å². The molecule has 0 saturated carbocycles. The molecule has 108 valence electrons. The van der Waals surface area contributed by atoms with E-state index in [2.05, 4.69) is 27.4 Å². The van der Waals surface area contributed by atoms with Crippen molar-refractivity contribution in [3.05, 3.63) is 12.7 Å². The molecule has 1 aliphatic heterocycles. The number of amides is 3. The molecule has 0 aliphatic carbocycles. The molecular formula is C13H24N4O2. The Hall–Kier alpha value is -1.40. The molecule has 3 N–H and O–H groups in total. The Labute approximate surface area is 114 Å². The Morgan fingerprint density at radius 1 is 1.37 bits per heavy atom. The lowest BCUT2D eigenvalue weighted by molar-refractivity contribution is -0.121. The Bertz CT molecular complexity index is 312. The molecule has 1 heterocycles. The minimum absolute atomic E-state index is 0.256. The lowest BCUT2D eigenvalue weighted by atomic mass is 9.97. The zero-order valence-electron chi connectivity index (χ0n) is 11.6. The van der Waals surface area contributed by atoms with Crippen LogP contribution < -0.4 is 16.0 Å². The lowest BCUT2D eigenvalue weighted by Crippen LogP contribution is -2.46. The summed E-state index contributed by atoms with van der Waals surface area (Å²) < 4.78 is 0. The van der Waals surface area contributed by atoms with Crippen LogP contribution in [0.3, 0.4) is 0 Å². The highest BCUT2D eigenvalue weighted by atomic mass is 16.2. The molecule has 6 heteroatoms. The van der Waals surface area contributed by atoms with Gasteiger partial charge in [0.25, 0.3) is 0 Å². The summed E-state index contributed by atoms with van der Waals surface area (Å²) in [4.78, 5) is 25.0. The van der Waals surface area contributed by atoms with E-state index < -0.39 is 6.03 Å². The van der Waals surface area contributed by atoms with Crippen LogP contribution in [0.5, 0.6) is 0 Å². The van der Waals surface area contributed by atoms with Gasteiger partial charge in [-0.2, -0.15) is 0 Å². The predicted molar refractivity (Wildman–Crippen MR) is 74.8 cm³/mol. The molecule has 0 aromatic rings. The van der Waals surface area contributed by atoms with Gasteiger partial charge in [0.1, 0.15) is 0 Å². The predicted octanol–water partition coefficient (Wildman–Crippen LogP) is -0.0704. The second-order valence-corrected chi connectivity index (χ2v) is 4.82. The fraction of sp³-hybridized carbons (Fsp3) is 0.692. The average molecular weight is 268 g/mol. The molecule has 1 saturated heterocycles. The van der Waals surface area contributed by atoms with E-state index in [0.717, 1.165) is 32.5 Å². The smallest absolute Gasteiger partial charge is 0.321 e. The van der Waals surface area contributed by atoms with E-state index in [0.29, 0.717) is 12.5 Å². The van der Waals surface area contributed by atoms with Gasteiger partial charge in [0.15, 0.2) is 0 Å². The maximum absolute atomic E-state index is 11.6. The van der Waals surface area contributed by atoms with E-state index in [4.69, 9.17) is 0 Å². The van der Waals surface area contributed by atoms with Crippen molar-refractivity contribution in [2.24, 2.45) is 5.92 Å². The molecule has 19 heavy (non-hydrogen) atoms. The van der Waals surface area contributed by atoms with Gasteiger partial charge >= 0.3 is 6.03 Å². The number of nitrogens with one attached hydrogen (secondary N) is 3. The van der Waals surface area contributed by atoms with Gasteiger partial charge < -0.3 is 10.6 Å². The number of likely N-dealkylation sites (tertiary alicyclic amines) is 1. The molecule has 0 radical (unpaired) electrons. The lowest BCUT2D eigenvalue weighted by Gasteiger charge is -2.31. The molecule has 1 rings (SSSR count). The third-order valence-corrected chi connectivity index (χ3v) is 3.23. The summed E-state index contributed by atoms with van der Waals surface area (Å²) in [7, 11) is 1.96. The van der Waals surface area contributed by atoms with Gasteiger partial charge in [-0.1, -0.05) is 6.08 Å². The monoisotopic (exact) mass is 268 g/mol. The van der Waals surface area contributed by atoms with Gasteiger partial charge in [0.05, 0.1) is 6.54 Å². The third-order valence-electron chi connectivity index (χ3n) is 3.23. The highest BCUT2D eigenvalue weighted by Gasteiger charge is 2.20. The number of hydrogen-bond donors (Lipinski definition) is 3. The van der Waals surface area contributed by atoms with E-state index in [-0.39, 0.29) is 12.5 Å². The van der Waals surface area contributed by atoms with Gasteiger partial charge in [0.2, 0.25) is 5.91 Å². The van der Waals surface area contributed by atoms with Crippen LogP contribution in [-0.2, 0) is 4.79 Å². The number of rotatable bonds is 6. The SMILES string of the molecule is C=CCNC(=O)NC(=O)CN1CCC(CNC)CC1. The topological polar surface area (TPSA) is 73.5 Å². The van der Waals surface area contributed by atoms with Gasteiger partial charge in [-0.05, 0) is 45.4 Å². The van der Waals surface area contributed by atoms with Crippen molar-refractivity contribution in [1.29, 1.82) is 0 Å². The molecule has 3 amide bonds. The number of carbonyl (C=O) groups excluding carboxylic acids is 2. The first-order valence-electron chi connectivity index (χ1n) is 6.71. The number of hydrogen-bond acceptors (Lipinski definition) is 4. The molecule has 6 nitrogen and oxygen atoms in total. The van der Waals surface area contributed by atoms with E-state index in [1.54, 1.807) is 6.08 Å². The molecule has 0 aromatic carbocycles. The number of urea groups is 1. The number of imide groups is 1.